The SMILES string of the molecule is CCOc1ccc(CCNCC(C)(C)CN)cc1C. The summed E-state index contributed by atoms with van der Waals surface area (Å²) in [5, 5.41) is 3.47. The lowest BCUT2D eigenvalue weighted by Crippen LogP contribution is -2.36. The van der Waals surface area contributed by atoms with Gasteiger partial charge in [-0.15, -0.1) is 0 Å². The van der Waals surface area contributed by atoms with E-state index in [1.54, 1.807) is 0 Å². The maximum atomic E-state index is 5.71. The van der Waals surface area contributed by atoms with E-state index >= 15 is 0 Å². The summed E-state index contributed by atoms with van der Waals surface area (Å²) in [5.74, 6) is 0.989. The average molecular weight is 264 g/mol. The molecular formula is C16H28N2O. The van der Waals surface area contributed by atoms with Gasteiger partial charge in [-0.2, -0.15) is 0 Å². The van der Waals surface area contributed by atoms with Crippen molar-refractivity contribution in [3.63, 3.8) is 0 Å². The predicted octanol–water partition coefficient (Wildman–Crippen LogP) is 2.51. The third kappa shape index (κ3) is 5.62. The van der Waals surface area contributed by atoms with Crippen LogP contribution >= 0.6 is 0 Å². The largest absolute Gasteiger partial charge is 0.494 e. The molecule has 0 amide bonds. The maximum absolute atomic E-state index is 5.71. The number of rotatable bonds is 8. The molecule has 0 aliphatic heterocycles. The minimum atomic E-state index is 0.175. The highest BCUT2D eigenvalue weighted by Crippen LogP contribution is 2.19. The van der Waals surface area contributed by atoms with Gasteiger partial charge in [-0.1, -0.05) is 26.0 Å². The first-order chi connectivity index (χ1) is 8.98. The number of ether oxygens (including phenoxy) is 1. The minimum Gasteiger partial charge on any atom is -0.494 e. The molecule has 0 aromatic heterocycles. The van der Waals surface area contributed by atoms with Crippen molar-refractivity contribution in [2.24, 2.45) is 11.1 Å². The summed E-state index contributed by atoms with van der Waals surface area (Å²) in [6.07, 6.45) is 1.04. The van der Waals surface area contributed by atoms with E-state index < -0.39 is 0 Å². The van der Waals surface area contributed by atoms with E-state index in [0.29, 0.717) is 6.54 Å². The smallest absolute Gasteiger partial charge is 0.122 e. The van der Waals surface area contributed by atoms with Crippen LogP contribution in [-0.4, -0.2) is 26.2 Å². The van der Waals surface area contributed by atoms with Crippen molar-refractivity contribution in [1.82, 2.24) is 5.32 Å². The molecule has 0 radical (unpaired) electrons. The topological polar surface area (TPSA) is 47.3 Å². The molecule has 1 rings (SSSR count). The van der Waals surface area contributed by atoms with Gasteiger partial charge in [0.1, 0.15) is 5.75 Å². The Kier molecular flexibility index (Phi) is 6.32. The van der Waals surface area contributed by atoms with Gasteiger partial charge >= 0.3 is 0 Å². The molecule has 0 atom stereocenters. The van der Waals surface area contributed by atoms with Crippen molar-refractivity contribution < 1.29 is 4.74 Å². The zero-order chi connectivity index (χ0) is 14.3. The molecule has 0 fully saturated rings. The molecule has 3 heteroatoms. The highest BCUT2D eigenvalue weighted by atomic mass is 16.5. The van der Waals surface area contributed by atoms with Gasteiger partial charge in [-0.25, -0.2) is 0 Å². The fraction of sp³-hybridized carbons (Fsp3) is 0.625. The summed E-state index contributed by atoms with van der Waals surface area (Å²) in [6, 6.07) is 6.42. The Morgan fingerprint density at radius 3 is 2.63 bits per heavy atom. The second kappa shape index (κ2) is 7.51. The summed E-state index contributed by atoms with van der Waals surface area (Å²) in [6.45, 7) is 11.8. The van der Waals surface area contributed by atoms with Crippen LogP contribution in [0.1, 0.15) is 31.9 Å². The number of nitrogens with one attached hydrogen (secondary N) is 1. The van der Waals surface area contributed by atoms with Crippen LogP contribution in [0, 0.1) is 12.3 Å². The Labute approximate surface area is 117 Å². The van der Waals surface area contributed by atoms with Gasteiger partial charge < -0.3 is 15.8 Å². The van der Waals surface area contributed by atoms with Gasteiger partial charge in [0.05, 0.1) is 6.61 Å². The molecule has 1 aromatic rings. The van der Waals surface area contributed by atoms with E-state index in [1.165, 1.54) is 11.1 Å². The van der Waals surface area contributed by atoms with E-state index in [2.05, 4.69) is 44.3 Å². The monoisotopic (exact) mass is 264 g/mol. The molecular weight excluding hydrogens is 236 g/mol. The standard InChI is InChI=1S/C16H28N2O/c1-5-19-15-7-6-14(10-13(15)2)8-9-18-12-16(3,4)11-17/h6-7,10,18H,5,8-9,11-12,17H2,1-4H3. The first-order valence-corrected chi connectivity index (χ1v) is 7.11. The van der Waals surface area contributed by atoms with Crippen LogP contribution in [0.4, 0.5) is 0 Å². The molecule has 0 unspecified atom stereocenters. The van der Waals surface area contributed by atoms with E-state index in [-0.39, 0.29) is 5.41 Å². The molecule has 19 heavy (non-hydrogen) atoms. The summed E-state index contributed by atoms with van der Waals surface area (Å²) in [5.41, 5.74) is 8.44. The average Bonchev–Trinajstić information content (AvgIpc) is 2.38. The number of hydrogen-bond acceptors (Lipinski definition) is 3. The van der Waals surface area contributed by atoms with Gasteiger partial charge in [-0.05, 0) is 56.0 Å². The zero-order valence-electron chi connectivity index (χ0n) is 12.8. The van der Waals surface area contributed by atoms with Crippen molar-refractivity contribution >= 4 is 0 Å². The van der Waals surface area contributed by atoms with E-state index in [9.17, 15) is 0 Å². The van der Waals surface area contributed by atoms with Gasteiger partial charge in [0.25, 0.3) is 0 Å². The van der Waals surface area contributed by atoms with E-state index in [1.807, 2.05) is 6.92 Å². The molecule has 1 aromatic carbocycles. The second-order valence-corrected chi connectivity index (χ2v) is 5.83. The van der Waals surface area contributed by atoms with Crippen molar-refractivity contribution in [1.29, 1.82) is 0 Å². The Balaban J connectivity index is 2.40. The van der Waals surface area contributed by atoms with Crippen LogP contribution in [-0.2, 0) is 6.42 Å². The summed E-state index contributed by atoms with van der Waals surface area (Å²) >= 11 is 0. The molecule has 3 nitrogen and oxygen atoms in total. The van der Waals surface area contributed by atoms with Crippen LogP contribution in [0.2, 0.25) is 0 Å². The van der Waals surface area contributed by atoms with Crippen molar-refractivity contribution in [3.05, 3.63) is 29.3 Å². The highest BCUT2D eigenvalue weighted by Gasteiger charge is 2.14. The van der Waals surface area contributed by atoms with Crippen molar-refractivity contribution in [3.8, 4) is 5.75 Å². The summed E-state index contributed by atoms with van der Waals surface area (Å²) < 4.78 is 5.55. The first kappa shape index (κ1) is 16.0. The van der Waals surface area contributed by atoms with Crippen molar-refractivity contribution in [2.45, 2.75) is 34.1 Å². The Morgan fingerprint density at radius 1 is 1.32 bits per heavy atom. The predicted molar refractivity (Wildman–Crippen MR) is 81.8 cm³/mol. The van der Waals surface area contributed by atoms with E-state index in [0.717, 1.165) is 31.9 Å². The normalized spacial score (nSPS) is 11.6. The molecule has 3 N–H and O–H groups in total. The number of nitrogens with two attached hydrogens (primary N) is 1. The summed E-state index contributed by atoms with van der Waals surface area (Å²) in [7, 11) is 0. The fourth-order valence-corrected chi connectivity index (χ4v) is 1.92. The van der Waals surface area contributed by atoms with Crippen LogP contribution in [0.15, 0.2) is 18.2 Å². The van der Waals surface area contributed by atoms with Gasteiger partial charge in [-0.3, -0.25) is 0 Å². The molecule has 0 aliphatic carbocycles. The van der Waals surface area contributed by atoms with E-state index in [4.69, 9.17) is 10.5 Å². The molecule has 0 heterocycles. The molecule has 0 aliphatic rings. The molecule has 0 spiro atoms. The van der Waals surface area contributed by atoms with Crippen LogP contribution in [0.5, 0.6) is 5.75 Å². The molecule has 0 saturated heterocycles. The van der Waals surface area contributed by atoms with Gasteiger partial charge in [0.2, 0.25) is 0 Å². The van der Waals surface area contributed by atoms with Crippen LogP contribution in [0.25, 0.3) is 0 Å². The van der Waals surface area contributed by atoms with Crippen molar-refractivity contribution in [2.75, 3.05) is 26.2 Å². The number of benzene rings is 1. The zero-order valence-corrected chi connectivity index (χ0v) is 12.8. The fourth-order valence-electron chi connectivity index (χ4n) is 1.92. The third-order valence-electron chi connectivity index (χ3n) is 3.29. The quantitative estimate of drug-likeness (QED) is 0.709. The third-order valence-corrected chi connectivity index (χ3v) is 3.29. The van der Waals surface area contributed by atoms with Gasteiger partial charge in [0, 0.05) is 6.54 Å². The number of hydrogen-bond donors (Lipinski definition) is 2. The van der Waals surface area contributed by atoms with Crippen LogP contribution < -0.4 is 15.8 Å². The Morgan fingerprint density at radius 2 is 2.05 bits per heavy atom. The molecule has 108 valence electrons. The Bertz CT molecular complexity index is 388. The maximum Gasteiger partial charge on any atom is 0.122 e. The minimum absolute atomic E-state index is 0.175. The second-order valence-electron chi connectivity index (χ2n) is 5.83. The lowest BCUT2D eigenvalue weighted by molar-refractivity contribution is 0.337. The molecule has 0 bridgehead atoms. The summed E-state index contributed by atoms with van der Waals surface area (Å²) in [4.78, 5) is 0. The Hall–Kier alpha value is -1.06. The van der Waals surface area contributed by atoms with Crippen LogP contribution in [0.3, 0.4) is 0 Å². The van der Waals surface area contributed by atoms with Gasteiger partial charge in [0.15, 0.2) is 0 Å². The lowest BCUT2D eigenvalue weighted by Gasteiger charge is -2.22. The molecule has 0 saturated carbocycles. The number of aryl methyl sites for hydroxylation is 1. The lowest BCUT2D eigenvalue weighted by atomic mass is 9.94. The first-order valence-electron chi connectivity index (χ1n) is 7.11. The highest BCUT2D eigenvalue weighted by molar-refractivity contribution is 5.36.